The number of nitrogens with zero attached hydrogens (tertiary/aromatic N) is 2. The highest BCUT2D eigenvalue weighted by atomic mass is 16.5. The molecule has 0 heterocycles. The lowest BCUT2D eigenvalue weighted by Crippen LogP contribution is -2.26. The second-order valence-corrected chi connectivity index (χ2v) is 6.08. The number of carbonyl (C=O) groups excluding carboxylic acids is 1. The molecule has 0 aliphatic rings. The third kappa shape index (κ3) is 5.61. The second-order valence-electron chi connectivity index (χ2n) is 6.08. The van der Waals surface area contributed by atoms with E-state index in [1.807, 2.05) is 51.5 Å². The molecule has 0 unspecified atom stereocenters. The van der Waals surface area contributed by atoms with E-state index in [4.69, 9.17) is 4.74 Å². The van der Waals surface area contributed by atoms with Crippen LogP contribution in [-0.2, 0) is 11.3 Å². The van der Waals surface area contributed by atoms with Crippen LogP contribution in [0, 0.1) is 0 Å². The van der Waals surface area contributed by atoms with Crippen LogP contribution in [-0.4, -0.2) is 38.6 Å². The van der Waals surface area contributed by atoms with Gasteiger partial charge in [-0.05, 0) is 36.2 Å². The molecule has 0 N–H and O–H groups in total. The van der Waals surface area contributed by atoms with Crippen LogP contribution >= 0.6 is 0 Å². The van der Waals surface area contributed by atoms with Gasteiger partial charge in [0.05, 0.1) is 6.61 Å². The zero-order valence-corrected chi connectivity index (χ0v) is 14.7. The van der Waals surface area contributed by atoms with Crippen molar-refractivity contribution in [3.8, 4) is 5.75 Å². The fourth-order valence-corrected chi connectivity index (χ4v) is 2.38. The quantitative estimate of drug-likeness (QED) is 0.695. The van der Waals surface area contributed by atoms with E-state index in [9.17, 15) is 4.79 Å². The predicted molar refractivity (Wildman–Crippen MR) is 98.4 cm³/mol. The summed E-state index contributed by atoms with van der Waals surface area (Å²) in [5.41, 5.74) is 2.29. The normalized spacial score (nSPS) is 10.3. The molecule has 0 saturated heterocycles. The van der Waals surface area contributed by atoms with Gasteiger partial charge in [0.15, 0.2) is 0 Å². The van der Waals surface area contributed by atoms with Crippen molar-refractivity contribution < 1.29 is 9.53 Å². The first-order chi connectivity index (χ1) is 11.6. The smallest absolute Gasteiger partial charge is 0.222 e. The number of rotatable bonds is 8. The van der Waals surface area contributed by atoms with Crippen LogP contribution in [0.25, 0.3) is 0 Å². The first kappa shape index (κ1) is 17.9. The zero-order valence-electron chi connectivity index (χ0n) is 14.7. The molecule has 0 saturated carbocycles. The summed E-state index contributed by atoms with van der Waals surface area (Å²) in [5.74, 6) is 0.989. The van der Waals surface area contributed by atoms with E-state index in [-0.39, 0.29) is 5.91 Å². The Morgan fingerprint density at radius 3 is 2.25 bits per heavy atom. The van der Waals surface area contributed by atoms with Gasteiger partial charge in [0, 0.05) is 39.8 Å². The SMILES string of the molecule is CN(Cc1ccc(N(C)C)cc1)C(=O)CCCOc1ccccc1. The van der Waals surface area contributed by atoms with Crippen LogP contribution in [0.2, 0.25) is 0 Å². The van der Waals surface area contributed by atoms with E-state index in [1.165, 1.54) is 0 Å². The second kappa shape index (κ2) is 8.96. The van der Waals surface area contributed by atoms with E-state index >= 15 is 0 Å². The molecule has 4 nitrogen and oxygen atoms in total. The fraction of sp³-hybridized carbons (Fsp3) is 0.350. The Hall–Kier alpha value is -2.49. The maximum absolute atomic E-state index is 12.2. The highest BCUT2D eigenvalue weighted by Crippen LogP contribution is 2.14. The molecule has 2 aromatic rings. The van der Waals surface area contributed by atoms with E-state index in [2.05, 4.69) is 29.2 Å². The molecule has 0 aromatic heterocycles. The van der Waals surface area contributed by atoms with Crippen molar-refractivity contribution in [2.24, 2.45) is 0 Å². The summed E-state index contributed by atoms with van der Waals surface area (Å²) in [7, 11) is 5.88. The number of para-hydroxylation sites is 1. The van der Waals surface area contributed by atoms with Gasteiger partial charge in [0.1, 0.15) is 5.75 Å². The Balaban J connectivity index is 1.71. The summed E-state index contributed by atoms with van der Waals surface area (Å²) in [5, 5.41) is 0. The number of anilines is 1. The van der Waals surface area contributed by atoms with Gasteiger partial charge in [-0.25, -0.2) is 0 Å². The average molecular weight is 326 g/mol. The molecule has 2 aromatic carbocycles. The molecule has 128 valence electrons. The number of hydrogen-bond acceptors (Lipinski definition) is 3. The summed E-state index contributed by atoms with van der Waals surface area (Å²) in [6.07, 6.45) is 1.22. The summed E-state index contributed by atoms with van der Waals surface area (Å²) in [6, 6.07) is 18.0. The standard InChI is InChI=1S/C20H26N2O2/c1-21(2)18-13-11-17(12-14-18)16-22(3)20(23)10-7-15-24-19-8-5-4-6-9-19/h4-6,8-9,11-14H,7,10,15-16H2,1-3H3. The number of benzene rings is 2. The van der Waals surface area contributed by atoms with Crippen molar-refractivity contribution in [1.29, 1.82) is 0 Å². The van der Waals surface area contributed by atoms with Gasteiger partial charge in [-0.1, -0.05) is 30.3 Å². The Morgan fingerprint density at radius 2 is 1.62 bits per heavy atom. The van der Waals surface area contributed by atoms with Gasteiger partial charge >= 0.3 is 0 Å². The topological polar surface area (TPSA) is 32.8 Å². The van der Waals surface area contributed by atoms with Crippen molar-refractivity contribution in [3.05, 3.63) is 60.2 Å². The molecule has 24 heavy (non-hydrogen) atoms. The van der Waals surface area contributed by atoms with Crippen molar-refractivity contribution in [2.75, 3.05) is 32.6 Å². The minimum atomic E-state index is 0.142. The molecule has 4 heteroatoms. The first-order valence-corrected chi connectivity index (χ1v) is 8.24. The average Bonchev–Trinajstić information content (AvgIpc) is 2.60. The summed E-state index contributed by atoms with van der Waals surface area (Å²) >= 11 is 0. The number of amides is 1. The number of ether oxygens (including phenoxy) is 1. The maximum Gasteiger partial charge on any atom is 0.222 e. The summed E-state index contributed by atoms with van der Waals surface area (Å²) in [6.45, 7) is 1.19. The Morgan fingerprint density at radius 1 is 0.958 bits per heavy atom. The van der Waals surface area contributed by atoms with Crippen LogP contribution in [0.4, 0.5) is 5.69 Å². The molecular weight excluding hydrogens is 300 g/mol. The molecule has 1 amide bonds. The van der Waals surface area contributed by atoms with E-state index < -0.39 is 0 Å². The predicted octanol–water partition coefficient (Wildman–Crippen LogP) is 3.57. The summed E-state index contributed by atoms with van der Waals surface area (Å²) < 4.78 is 5.61. The first-order valence-electron chi connectivity index (χ1n) is 8.24. The van der Waals surface area contributed by atoms with Crippen LogP contribution in [0.3, 0.4) is 0 Å². The van der Waals surface area contributed by atoms with Gasteiger partial charge in [0.25, 0.3) is 0 Å². The molecule has 2 rings (SSSR count). The monoisotopic (exact) mass is 326 g/mol. The van der Waals surface area contributed by atoms with E-state index in [0.717, 1.165) is 23.4 Å². The van der Waals surface area contributed by atoms with Crippen LogP contribution < -0.4 is 9.64 Å². The minimum Gasteiger partial charge on any atom is -0.494 e. The van der Waals surface area contributed by atoms with Crippen molar-refractivity contribution in [1.82, 2.24) is 4.90 Å². The van der Waals surface area contributed by atoms with Gasteiger partial charge in [0.2, 0.25) is 5.91 Å². The molecule has 0 aliphatic heterocycles. The lowest BCUT2D eigenvalue weighted by molar-refractivity contribution is -0.130. The number of carbonyl (C=O) groups is 1. The summed E-state index contributed by atoms with van der Waals surface area (Å²) in [4.78, 5) is 16.0. The maximum atomic E-state index is 12.2. The lowest BCUT2D eigenvalue weighted by Gasteiger charge is -2.18. The molecule has 0 spiro atoms. The van der Waals surface area contributed by atoms with E-state index in [0.29, 0.717) is 19.6 Å². The third-order valence-corrected chi connectivity index (χ3v) is 3.85. The van der Waals surface area contributed by atoms with Gasteiger partial charge < -0.3 is 14.5 Å². The van der Waals surface area contributed by atoms with E-state index in [1.54, 1.807) is 4.90 Å². The number of hydrogen-bond donors (Lipinski definition) is 0. The third-order valence-electron chi connectivity index (χ3n) is 3.85. The fourth-order valence-electron chi connectivity index (χ4n) is 2.38. The van der Waals surface area contributed by atoms with Gasteiger partial charge in [-0.15, -0.1) is 0 Å². The Bertz CT molecular complexity index is 624. The minimum absolute atomic E-state index is 0.142. The van der Waals surface area contributed by atoms with Gasteiger partial charge in [-0.2, -0.15) is 0 Å². The van der Waals surface area contributed by atoms with Crippen molar-refractivity contribution >= 4 is 11.6 Å². The molecule has 0 fully saturated rings. The highest BCUT2D eigenvalue weighted by Gasteiger charge is 2.09. The van der Waals surface area contributed by atoms with Crippen LogP contribution in [0.1, 0.15) is 18.4 Å². The van der Waals surface area contributed by atoms with Crippen molar-refractivity contribution in [3.63, 3.8) is 0 Å². The van der Waals surface area contributed by atoms with Crippen LogP contribution in [0.15, 0.2) is 54.6 Å². The zero-order chi connectivity index (χ0) is 17.4. The lowest BCUT2D eigenvalue weighted by atomic mass is 10.2. The molecule has 0 aliphatic carbocycles. The Labute approximate surface area is 144 Å². The molecular formula is C20H26N2O2. The van der Waals surface area contributed by atoms with Gasteiger partial charge in [-0.3, -0.25) is 4.79 Å². The van der Waals surface area contributed by atoms with Crippen LogP contribution in [0.5, 0.6) is 5.75 Å². The molecule has 0 bridgehead atoms. The highest BCUT2D eigenvalue weighted by molar-refractivity contribution is 5.75. The van der Waals surface area contributed by atoms with Crippen molar-refractivity contribution in [2.45, 2.75) is 19.4 Å². The molecule has 0 radical (unpaired) electrons. The molecule has 0 atom stereocenters. The largest absolute Gasteiger partial charge is 0.494 e. The Kier molecular flexibility index (Phi) is 6.67.